The van der Waals surface area contributed by atoms with Crippen LogP contribution in [0.3, 0.4) is 0 Å². The van der Waals surface area contributed by atoms with Crippen molar-refractivity contribution in [3.8, 4) is 0 Å². The molecule has 198 valence electrons. The first-order chi connectivity index (χ1) is 18.0. The summed E-state index contributed by atoms with van der Waals surface area (Å²) in [7, 11) is -3.53. The van der Waals surface area contributed by atoms with Gasteiger partial charge in [0.1, 0.15) is 0 Å². The van der Waals surface area contributed by atoms with Crippen molar-refractivity contribution in [2.75, 3.05) is 0 Å². The molecule has 3 aromatic rings. The third-order valence-corrected chi connectivity index (χ3v) is 9.68. The third-order valence-electron chi connectivity index (χ3n) is 7.53. The van der Waals surface area contributed by atoms with Crippen molar-refractivity contribution in [3.63, 3.8) is 0 Å². The van der Waals surface area contributed by atoms with Gasteiger partial charge in [-0.2, -0.15) is 0 Å². The van der Waals surface area contributed by atoms with Gasteiger partial charge < -0.3 is 17.7 Å². The Hall–Kier alpha value is -2.28. The Morgan fingerprint density at radius 1 is 0.568 bits per heavy atom. The highest BCUT2D eigenvalue weighted by Crippen LogP contribution is 2.36. The molecule has 3 aromatic carbocycles. The summed E-state index contributed by atoms with van der Waals surface area (Å²) < 4.78 is 26.5. The molecule has 1 fully saturated rings. The number of hydrogen-bond donors (Lipinski definition) is 0. The van der Waals surface area contributed by atoms with E-state index in [1.54, 1.807) is 0 Å². The van der Waals surface area contributed by atoms with Crippen molar-refractivity contribution in [3.05, 3.63) is 108 Å². The number of benzene rings is 3. The van der Waals surface area contributed by atoms with Crippen molar-refractivity contribution < 1.29 is 17.7 Å². The Morgan fingerprint density at radius 3 is 1.27 bits per heavy atom. The third kappa shape index (κ3) is 8.62. The van der Waals surface area contributed by atoms with Gasteiger partial charge in [0, 0.05) is 0 Å². The molecule has 0 spiro atoms. The van der Waals surface area contributed by atoms with E-state index in [2.05, 4.69) is 57.2 Å². The lowest BCUT2D eigenvalue weighted by atomic mass is 9.75. The van der Waals surface area contributed by atoms with Crippen LogP contribution in [0.25, 0.3) is 0 Å². The smallest absolute Gasteiger partial charge is 0.348 e. The highest BCUT2D eigenvalue weighted by molar-refractivity contribution is 6.53. The van der Waals surface area contributed by atoms with Crippen LogP contribution in [-0.2, 0) is 37.5 Å². The minimum atomic E-state index is -3.53. The molecule has 5 heteroatoms. The summed E-state index contributed by atoms with van der Waals surface area (Å²) in [5.41, 5.74) is 3.21. The van der Waals surface area contributed by atoms with Gasteiger partial charge in [-0.25, -0.2) is 0 Å². The quantitative estimate of drug-likeness (QED) is 0.215. The van der Waals surface area contributed by atoms with Crippen molar-refractivity contribution in [1.29, 1.82) is 0 Å². The second-order valence-corrected chi connectivity index (χ2v) is 12.7. The van der Waals surface area contributed by atoms with Gasteiger partial charge in [-0.1, -0.05) is 105 Å². The van der Waals surface area contributed by atoms with E-state index in [9.17, 15) is 0 Å². The average molecular weight is 519 g/mol. The molecule has 0 amide bonds. The first kappa shape index (κ1) is 27.7. The second-order valence-electron chi connectivity index (χ2n) is 10.6. The van der Waals surface area contributed by atoms with Gasteiger partial charge in [0.25, 0.3) is 0 Å². The first-order valence-corrected chi connectivity index (χ1v) is 15.4. The fourth-order valence-electron chi connectivity index (χ4n) is 5.07. The van der Waals surface area contributed by atoms with E-state index >= 15 is 0 Å². The van der Waals surface area contributed by atoms with E-state index in [1.807, 2.05) is 54.6 Å². The Balaban J connectivity index is 1.54. The zero-order valence-corrected chi connectivity index (χ0v) is 23.6. The molecule has 1 saturated carbocycles. The molecule has 0 heterocycles. The van der Waals surface area contributed by atoms with Gasteiger partial charge in [-0.15, -0.1) is 0 Å². The second kappa shape index (κ2) is 14.0. The molecule has 1 unspecified atom stereocenters. The van der Waals surface area contributed by atoms with Gasteiger partial charge in [0.2, 0.25) is 0 Å². The van der Waals surface area contributed by atoms with Crippen LogP contribution in [0, 0.1) is 17.8 Å². The van der Waals surface area contributed by atoms with Gasteiger partial charge in [0.15, 0.2) is 0 Å². The van der Waals surface area contributed by atoms with Gasteiger partial charge >= 0.3 is 9.05 Å². The maximum absolute atomic E-state index is 6.81. The Kier molecular flexibility index (Phi) is 10.5. The molecular formula is C32H42O4Si. The Labute approximate surface area is 224 Å². The van der Waals surface area contributed by atoms with Crippen LogP contribution < -0.4 is 0 Å². The van der Waals surface area contributed by atoms with Crippen LogP contribution in [-0.4, -0.2) is 15.2 Å². The number of rotatable bonds is 13. The molecule has 1 atom stereocenters. The predicted octanol–water partition coefficient (Wildman–Crippen LogP) is 7.94. The minimum absolute atomic E-state index is 0.0119. The van der Waals surface area contributed by atoms with Crippen molar-refractivity contribution in [2.45, 2.75) is 72.4 Å². The maximum Gasteiger partial charge on any atom is 0.680 e. The highest BCUT2D eigenvalue weighted by atomic mass is 28.4. The molecule has 4 nitrogen and oxygen atoms in total. The molecule has 1 aliphatic carbocycles. The van der Waals surface area contributed by atoms with Crippen LogP contribution >= 0.6 is 0 Å². The van der Waals surface area contributed by atoms with Gasteiger partial charge in [0.05, 0.1) is 25.9 Å². The SMILES string of the molecule is CC(C)C1CCC(C(C)O[Si](OCc2ccccc2)(OCc2ccccc2)OCc2ccccc2)CC1. The summed E-state index contributed by atoms with van der Waals surface area (Å²) in [6, 6.07) is 30.5. The number of hydrogen-bond acceptors (Lipinski definition) is 4. The zero-order chi connectivity index (χ0) is 25.9. The minimum Gasteiger partial charge on any atom is -0.348 e. The van der Waals surface area contributed by atoms with E-state index in [0.717, 1.165) is 28.5 Å². The summed E-state index contributed by atoms with van der Waals surface area (Å²) >= 11 is 0. The van der Waals surface area contributed by atoms with Crippen LogP contribution in [0.15, 0.2) is 91.0 Å². The van der Waals surface area contributed by atoms with E-state index < -0.39 is 9.05 Å². The molecular weight excluding hydrogens is 476 g/mol. The van der Waals surface area contributed by atoms with Crippen LogP contribution in [0.5, 0.6) is 0 Å². The topological polar surface area (TPSA) is 36.9 Å². The molecule has 4 rings (SSSR count). The van der Waals surface area contributed by atoms with Crippen molar-refractivity contribution in [2.24, 2.45) is 17.8 Å². The largest absolute Gasteiger partial charge is 0.680 e. The Bertz CT molecular complexity index is 914. The molecule has 0 radical (unpaired) electrons. The summed E-state index contributed by atoms with van der Waals surface area (Å²) in [6.07, 6.45) is 4.84. The standard InChI is InChI=1S/C32H42O4Si/c1-26(2)31-19-21-32(22-20-31)27(3)36-37(33-23-28-13-7-4-8-14-28,34-24-29-15-9-5-10-16-29)35-25-30-17-11-6-12-18-30/h4-18,26-27,31-32H,19-25H2,1-3H3. The molecule has 0 bridgehead atoms. The van der Waals surface area contributed by atoms with Crippen molar-refractivity contribution >= 4 is 9.05 Å². The lowest BCUT2D eigenvalue weighted by Gasteiger charge is -2.37. The first-order valence-electron chi connectivity index (χ1n) is 13.7. The van der Waals surface area contributed by atoms with Gasteiger partial charge in [-0.05, 0) is 67.1 Å². The summed E-state index contributed by atoms with van der Waals surface area (Å²) in [5, 5.41) is 0. The fraction of sp³-hybridized carbons (Fsp3) is 0.438. The van der Waals surface area contributed by atoms with Crippen LogP contribution in [0.2, 0.25) is 0 Å². The predicted molar refractivity (Wildman–Crippen MR) is 150 cm³/mol. The molecule has 0 N–H and O–H groups in total. The van der Waals surface area contributed by atoms with E-state index in [0.29, 0.717) is 25.7 Å². The summed E-state index contributed by atoms with van der Waals surface area (Å²) in [4.78, 5) is 0. The highest BCUT2D eigenvalue weighted by Gasteiger charge is 2.49. The lowest BCUT2D eigenvalue weighted by Crippen LogP contribution is -2.52. The zero-order valence-electron chi connectivity index (χ0n) is 22.6. The van der Waals surface area contributed by atoms with E-state index in [-0.39, 0.29) is 6.10 Å². The molecule has 1 aliphatic rings. The molecule has 0 aliphatic heterocycles. The normalized spacial score (nSPS) is 19.1. The van der Waals surface area contributed by atoms with Crippen molar-refractivity contribution in [1.82, 2.24) is 0 Å². The fourth-order valence-corrected chi connectivity index (χ4v) is 7.20. The molecule has 37 heavy (non-hydrogen) atoms. The van der Waals surface area contributed by atoms with Gasteiger partial charge in [-0.3, -0.25) is 0 Å². The van der Waals surface area contributed by atoms with E-state index in [4.69, 9.17) is 17.7 Å². The molecule has 0 saturated heterocycles. The summed E-state index contributed by atoms with van der Waals surface area (Å²) in [5.74, 6) is 2.02. The molecule has 0 aromatic heterocycles. The average Bonchev–Trinajstić information content (AvgIpc) is 2.95. The Morgan fingerprint density at radius 2 is 0.919 bits per heavy atom. The summed E-state index contributed by atoms with van der Waals surface area (Å²) in [6.45, 7) is 7.99. The lowest BCUT2D eigenvalue weighted by molar-refractivity contribution is -0.0794. The van der Waals surface area contributed by atoms with E-state index in [1.165, 1.54) is 25.7 Å². The monoisotopic (exact) mass is 518 g/mol. The maximum atomic E-state index is 6.81. The van der Waals surface area contributed by atoms with Crippen LogP contribution in [0.4, 0.5) is 0 Å². The van der Waals surface area contributed by atoms with Crippen LogP contribution in [0.1, 0.15) is 63.1 Å².